The van der Waals surface area contributed by atoms with Gasteiger partial charge < -0.3 is 19.9 Å². The van der Waals surface area contributed by atoms with E-state index in [0.29, 0.717) is 5.92 Å². The summed E-state index contributed by atoms with van der Waals surface area (Å²) >= 11 is 0. The van der Waals surface area contributed by atoms with Crippen LogP contribution in [0.15, 0.2) is 6.20 Å². The van der Waals surface area contributed by atoms with Gasteiger partial charge >= 0.3 is 0 Å². The van der Waals surface area contributed by atoms with Crippen LogP contribution in [0.25, 0.3) is 0 Å². The summed E-state index contributed by atoms with van der Waals surface area (Å²) in [5, 5.41) is 0. The van der Waals surface area contributed by atoms with Gasteiger partial charge in [-0.2, -0.15) is 0 Å². The maximum atomic E-state index is 5.83. The van der Waals surface area contributed by atoms with E-state index in [1.54, 1.807) is 0 Å². The molecule has 2 N–H and O–H groups in total. The fourth-order valence-electron chi connectivity index (χ4n) is 2.87. The van der Waals surface area contributed by atoms with Gasteiger partial charge in [0.2, 0.25) is 5.95 Å². The van der Waals surface area contributed by atoms with Gasteiger partial charge in [-0.3, -0.25) is 0 Å². The molecule has 1 unspecified atom stereocenters. The van der Waals surface area contributed by atoms with Crippen molar-refractivity contribution in [2.45, 2.75) is 39.7 Å². The van der Waals surface area contributed by atoms with Gasteiger partial charge in [0.25, 0.3) is 0 Å². The minimum Gasteiger partial charge on any atom is -0.382 e. The number of anilines is 1. The van der Waals surface area contributed by atoms with Crippen molar-refractivity contribution in [1.29, 1.82) is 0 Å². The van der Waals surface area contributed by atoms with E-state index in [2.05, 4.69) is 22.6 Å². The first-order chi connectivity index (χ1) is 9.74. The maximum absolute atomic E-state index is 5.83. The Morgan fingerprint density at radius 3 is 3.10 bits per heavy atom. The Kier molecular flexibility index (Phi) is 5.86. The number of imidazole rings is 1. The number of piperidine rings is 1. The Morgan fingerprint density at radius 1 is 1.50 bits per heavy atom. The van der Waals surface area contributed by atoms with Gasteiger partial charge in [-0.15, -0.1) is 0 Å². The third-order valence-electron chi connectivity index (χ3n) is 3.90. The van der Waals surface area contributed by atoms with Gasteiger partial charge in [0.05, 0.1) is 5.69 Å². The molecule has 5 nitrogen and oxygen atoms in total. The Bertz CT molecular complexity index is 405. The second-order valence-electron chi connectivity index (χ2n) is 5.62. The molecule has 0 bridgehead atoms. The Hall–Kier alpha value is -1.07. The summed E-state index contributed by atoms with van der Waals surface area (Å²) in [7, 11) is 0. The number of aryl methyl sites for hydroxylation is 2. The molecule has 1 aromatic heterocycles. The highest BCUT2D eigenvalue weighted by atomic mass is 16.5. The molecule has 1 aliphatic rings. The van der Waals surface area contributed by atoms with E-state index in [9.17, 15) is 0 Å². The van der Waals surface area contributed by atoms with Gasteiger partial charge in [-0.25, -0.2) is 4.98 Å². The molecule has 0 spiro atoms. The molecule has 20 heavy (non-hydrogen) atoms. The smallest absolute Gasteiger partial charge is 0.205 e. The molecule has 1 fully saturated rings. The zero-order valence-corrected chi connectivity index (χ0v) is 12.8. The lowest BCUT2D eigenvalue weighted by molar-refractivity contribution is 0.141. The zero-order chi connectivity index (χ0) is 14.4. The van der Waals surface area contributed by atoms with E-state index in [-0.39, 0.29) is 0 Å². The molecule has 1 atom stereocenters. The number of aromatic nitrogens is 2. The second kappa shape index (κ2) is 7.64. The van der Waals surface area contributed by atoms with Crippen molar-refractivity contribution in [3.05, 3.63) is 11.9 Å². The fourth-order valence-corrected chi connectivity index (χ4v) is 2.87. The quantitative estimate of drug-likeness (QED) is 0.774. The third-order valence-corrected chi connectivity index (χ3v) is 3.90. The molecule has 114 valence electrons. The van der Waals surface area contributed by atoms with Crippen molar-refractivity contribution >= 4 is 5.95 Å². The average Bonchev–Trinajstić information content (AvgIpc) is 2.85. The van der Waals surface area contributed by atoms with Gasteiger partial charge in [0, 0.05) is 39.0 Å². The minimum atomic E-state index is 0.609. The largest absolute Gasteiger partial charge is 0.382 e. The number of nitrogens with two attached hydrogens (primary N) is 1. The molecular formula is C15H28N4O. The molecule has 1 aromatic rings. The summed E-state index contributed by atoms with van der Waals surface area (Å²) in [5.41, 5.74) is 6.92. The average molecular weight is 280 g/mol. The fraction of sp³-hybridized carbons (Fsp3) is 0.800. The number of hydrogen-bond donors (Lipinski definition) is 1. The summed E-state index contributed by atoms with van der Waals surface area (Å²) in [6, 6.07) is 0. The third kappa shape index (κ3) is 3.96. The molecule has 1 saturated heterocycles. The molecule has 5 heteroatoms. The standard InChI is InChI=1S/C15H28N4O/c1-3-20-9-5-8-18-11-13(2)17-15(18)19-7-4-6-14(10-16)12-19/h11,14H,3-10,12,16H2,1-2H3. The molecule has 0 amide bonds. The molecule has 0 aromatic carbocycles. The first kappa shape index (κ1) is 15.3. The van der Waals surface area contributed by atoms with Crippen LogP contribution in [0.1, 0.15) is 31.9 Å². The van der Waals surface area contributed by atoms with Crippen molar-refractivity contribution in [3.8, 4) is 0 Å². The SMILES string of the molecule is CCOCCCn1cc(C)nc1N1CCCC(CN)C1. The Balaban J connectivity index is 1.99. The summed E-state index contributed by atoms with van der Waals surface area (Å²) in [6.45, 7) is 9.59. The highest BCUT2D eigenvalue weighted by Gasteiger charge is 2.22. The van der Waals surface area contributed by atoms with Crippen LogP contribution in [-0.4, -0.2) is 42.4 Å². The van der Waals surface area contributed by atoms with Crippen LogP contribution in [0, 0.1) is 12.8 Å². The van der Waals surface area contributed by atoms with E-state index >= 15 is 0 Å². The van der Waals surface area contributed by atoms with Crippen LogP contribution in [0.4, 0.5) is 5.95 Å². The molecule has 0 radical (unpaired) electrons. The predicted octanol–water partition coefficient (Wildman–Crippen LogP) is 1.79. The van der Waals surface area contributed by atoms with Crippen LogP contribution >= 0.6 is 0 Å². The van der Waals surface area contributed by atoms with E-state index < -0.39 is 0 Å². The summed E-state index contributed by atoms with van der Waals surface area (Å²) < 4.78 is 7.69. The van der Waals surface area contributed by atoms with Crippen molar-refractivity contribution in [2.24, 2.45) is 11.7 Å². The van der Waals surface area contributed by atoms with Crippen LogP contribution in [0.5, 0.6) is 0 Å². The lowest BCUT2D eigenvalue weighted by Crippen LogP contribution is -2.39. The minimum absolute atomic E-state index is 0.609. The molecule has 0 saturated carbocycles. The van der Waals surface area contributed by atoms with Crippen molar-refractivity contribution in [1.82, 2.24) is 9.55 Å². The second-order valence-corrected chi connectivity index (χ2v) is 5.62. The Labute approximate surface area is 122 Å². The van der Waals surface area contributed by atoms with Gasteiger partial charge in [-0.05, 0) is 45.6 Å². The number of rotatable bonds is 7. The monoisotopic (exact) mass is 280 g/mol. The van der Waals surface area contributed by atoms with Gasteiger partial charge in [0.15, 0.2) is 0 Å². The molecule has 0 aliphatic carbocycles. The van der Waals surface area contributed by atoms with Crippen LogP contribution in [0.2, 0.25) is 0 Å². The van der Waals surface area contributed by atoms with E-state index in [1.807, 2.05) is 6.92 Å². The van der Waals surface area contributed by atoms with Crippen molar-refractivity contribution in [2.75, 3.05) is 37.7 Å². The number of nitrogens with zero attached hydrogens (tertiary/aromatic N) is 3. The summed E-state index contributed by atoms with van der Waals surface area (Å²) in [6.07, 6.45) is 5.64. The molecule has 2 rings (SSSR count). The van der Waals surface area contributed by atoms with E-state index in [0.717, 1.165) is 57.5 Å². The topological polar surface area (TPSA) is 56.3 Å². The Morgan fingerprint density at radius 2 is 2.35 bits per heavy atom. The van der Waals surface area contributed by atoms with Gasteiger partial charge in [0.1, 0.15) is 0 Å². The lowest BCUT2D eigenvalue weighted by atomic mass is 9.99. The summed E-state index contributed by atoms with van der Waals surface area (Å²) in [4.78, 5) is 7.11. The van der Waals surface area contributed by atoms with E-state index in [4.69, 9.17) is 15.5 Å². The van der Waals surface area contributed by atoms with E-state index in [1.165, 1.54) is 12.8 Å². The van der Waals surface area contributed by atoms with Crippen LogP contribution in [-0.2, 0) is 11.3 Å². The van der Waals surface area contributed by atoms with Crippen molar-refractivity contribution < 1.29 is 4.74 Å². The molecule has 1 aliphatic heterocycles. The predicted molar refractivity (Wildman–Crippen MR) is 82.1 cm³/mol. The maximum Gasteiger partial charge on any atom is 0.205 e. The highest BCUT2D eigenvalue weighted by Crippen LogP contribution is 2.22. The van der Waals surface area contributed by atoms with Crippen LogP contribution < -0.4 is 10.6 Å². The summed E-state index contributed by atoms with van der Waals surface area (Å²) in [5.74, 6) is 1.72. The lowest BCUT2D eigenvalue weighted by Gasteiger charge is -2.33. The van der Waals surface area contributed by atoms with Crippen molar-refractivity contribution in [3.63, 3.8) is 0 Å². The highest BCUT2D eigenvalue weighted by molar-refractivity contribution is 5.34. The molecule has 2 heterocycles. The first-order valence-corrected chi connectivity index (χ1v) is 7.81. The normalized spacial score (nSPS) is 19.6. The molecular weight excluding hydrogens is 252 g/mol. The van der Waals surface area contributed by atoms with Crippen LogP contribution in [0.3, 0.4) is 0 Å². The zero-order valence-electron chi connectivity index (χ0n) is 12.8. The number of ether oxygens (including phenoxy) is 1. The van der Waals surface area contributed by atoms with Gasteiger partial charge in [-0.1, -0.05) is 0 Å². The number of hydrogen-bond acceptors (Lipinski definition) is 4. The first-order valence-electron chi connectivity index (χ1n) is 7.81.